The molecule has 0 radical (unpaired) electrons. The first-order chi connectivity index (χ1) is 7.72. The van der Waals surface area contributed by atoms with Gasteiger partial charge in [-0.1, -0.05) is 11.6 Å². The van der Waals surface area contributed by atoms with Crippen molar-refractivity contribution < 1.29 is 4.74 Å². The van der Waals surface area contributed by atoms with E-state index in [4.69, 9.17) is 16.3 Å². The second-order valence-electron chi connectivity index (χ2n) is 3.41. The van der Waals surface area contributed by atoms with Crippen LogP contribution in [0.3, 0.4) is 0 Å². The molecule has 0 aliphatic rings. The van der Waals surface area contributed by atoms with E-state index < -0.39 is 0 Å². The molecule has 1 aromatic heterocycles. The summed E-state index contributed by atoms with van der Waals surface area (Å²) in [7, 11) is 0. The largest absolute Gasteiger partial charge is 0.493 e. The second kappa shape index (κ2) is 4.85. The molecule has 84 valence electrons. The van der Waals surface area contributed by atoms with Crippen LogP contribution in [0.5, 0.6) is 5.75 Å². The highest BCUT2D eigenvalue weighted by Gasteiger charge is 2.12. The van der Waals surface area contributed by atoms with Crippen molar-refractivity contribution in [1.29, 1.82) is 0 Å². The summed E-state index contributed by atoms with van der Waals surface area (Å²) in [5, 5.41) is 2.71. The van der Waals surface area contributed by atoms with E-state index >= 15 is 0 Å². The Balaban J connectivity index is 2.57. The third-order valence-corrected chi connectivity index (χ3v) is 3.04. The Labute approximate surface area is 104 Å². The van der Waals surface area contributed by atoms with Crippen molar-refractivity contribution in [2.75, 3.05) is 6.61 Å². The molecule has 0 unspecified atom stereocenters. The molecule has 0 aliphatic heterocycles. The van der Waals surface area contributed by atoms with Crippen molar-refractivity contribution in [2.45, 2.75) is 13.8 Å². The predicted molar refractivity (Wildman–Crippen MR) is 68.5 cm³/mol. The maximum absolute atomic E-state index is 6.06. The molecule has 2 rings (SSSR count). The average molecular weight is 254 g/mol. The van der Waals surface area contributed by atoms with Crippen LogP contribution in [0.25, 0.3) is 11.3 Å². The Bertz CT molecular complexity index is 482. The Morgan fingerprint density at radius 3 is 2.88 bits per heavy atom. The molecule has 0 N–H and O–H groups in total. The van der Waals surface area contributed by atoms with Crippen LogP contribution in [-0.4, -0.2) is 11.6 Å². The van der Waals surface area contributed by atoms with Gasteiger partial charge in [0.05, 0.1) is 17.8 Å². The van der Waals surface area contributed by atoms with E-state index in [2.05, 4.69) is 4.98 Å². The predicted octanol–water partition coefficient (Wildman–Crippen LogP) is 4.17. The summed E-state index contributed by atoms with van der Waals surface area (Å²) in [5.41, 5.74) is 4.73. The maximum atomic E-state index is 6.06. The summed E-state index contributed by atoms with van der Waals surface area (Å²) in [5.74, 6) is 0.873. The molecule has 4 heteroatoms. The number of aromatic nitrogens is 1. The van der Waals surface area contributed by atoms with Gasteiger partial charge in [0.15, 0.2) is 0 Å². The summed E-state index contributed by atoms with van der Waals surface area (Å²) >= 11 is 7.62. The van der Waals surface area contributed by atoms with Crippen LogP contribution in [0.4, 0.5) is 0 Å². The highest BCUT2D eigenvalue weighted by Crippen LogP contribution is 2.35. The number of halogens is 1. The zero-order valence-electron chi connectivity index (χ0n) is 9.16. The molecular weight excluding hydrogens is 242 g/mol. The van der Waals surface area contributed by atoms with Crippen LogP contribution in [0.2, 0.25) is 5.02 Å². The number of thiazole rings is 1. The molecule has 0 aliphatic carbocycles. The first-order valence-corrected chi connectivity index (χ1v) is 6.36. The first kappa shape index (κ1) is 11.4. The maximum Gasteiger partial charge on any atom is 0.131 e. The van der Waals surface area contributed by atoms with Gasteiger partial charge in [0.25, 0.3) is 0 Å². The number of nitrogens with zero attached hydrogens (tertiary/aromatic N) is 1. The van der Waals surface area contributed by atoms with Gasteiger partial charge in [0.2, 0.25) is 0 Å². The van der Waals surface area contributed by atoms with Gasteiger partial charge in [-0.3, -0.25) is 0 Å². The fourth-order valence-electron chi connectivity index (χ4n) is 1.60. The molecule has 0 saturated carbocycles. The topological polar surface area (TPSA) is 22.1 Å². The molecule has 2 nitrogen and oxygen atoms in total. The molecule has 0 fully saturated rings. The molecule has 0 atom stereocenters. The minimum absolute atomic E-state index is 0.639. The molecule has 1 aromatic carbocycles. The van der Waals surface area contributed by atoms with E-state index in [1.165, 1.54) is 0 Å². The Hall–Kier alpha value is -1.06. The van der Waals surface area contributed by atoms with E-state index in [0.29, 0.717) is 11.6 Å². The average Bonchev–Trinajstić information content (AvgIpc) is 2.75. The summed E-state index contributed by atoms with van der Waals surface area (Å²) in [6.07, 6.45) is 0. The lowest BCUT2D eigenvalue weighted by atomic mass is 10.1. The van der Waals surface area contributed by atoms with Crippen molar-refractivity contribution >= 4 is 22.9 Å². The quantitative estimate of drug-likeness (QED) is 0.819. The number of benzene rings is 1. The Morgan fingerprint density at radius 1 is 1.44 bits per heavy atom. The summed E-state index contributed by atoms with van der Waals surface area (Å²) in [6.45, 7) is 4.60. The summed E-state index contributed by atoms with van der Waals surface area (Å²) in [6, 6.07) is 3.80. The smallest absolute Gasteiger partial charge is 0.131 e. The highest BCUT2D eigenvalue weighted by atomic mass is 35.5. The molecule has 0 amide bonds. The van der Waals surface area contributed by atoms with Crippen molar-refractivity contribution in [3.05, 3.63) is 33.6 Å². The van der Waals surface area contributed by atoms with Crippen molar-refractivity contribution in [3.63, 3.8) is 0 Å². The van der Waals surface area contributed by atoms with Gasteiger partial charge in [-0.15, -0.1) is 11.3 Å². The summed E-state index contributed by atoms with van der Waals surface area (Å²) < 4.78 is 5.65. The standard InChI is InChI=1S/C12H12ClNOS/c1-3-15-12-8(2)4-9(13)5-10(12)11-6-16-7-14-11/h4-7H,3H2,1-2H3. The number of aryl methyl sites for hydroxylation is 1. The third kappa shape index (κ3) is 2.20. The van der Waals surface area contributed by atoms with Gasteiger partial charge < -0.3 is 4.74 Å². The molecule has 2 aromatic rings. The second-order valence-corrected chi connectivity index (χ2v) is 4.56. The van der Waals surface area contributed by atoms with Crippen molar-refractivity contribution in [3.8, 4) is 17.0 Å². The zero-order chi connectivity index (χ0) is 11.5. The van der Waals surface area contributed by atoms with Crippen LogP contribution in [0.1, 0.15) is 12.5 Å². The lowest BCUT2D eigenvalue weighted by Crippen LogP contribution is -1.97. The summed E-state index contributed by atoms with van der Waals surface area (Å²) in [4.78, 5) is 4.29. The Kier molecular flexibility index (Phi) is 3.46. The number of ether oxygens (including phenoxy) is 1. The number of hydrogen-bond donors (Lipinski definition) is 0. The van der Waals surface area contributed by atoms with Crippen LogP contribution in [0.15, 0.2) is 23.0 Å². The molecular formula is C12H12ClNOS. The van der Waals surface area contributed by atoms with Crippen molar-refractivity contribution in [1.82, 2.24) is 4.98 Å². The fraction of sp³-hybridized carbons (Fsp3) is 0.250. The van der Waals surface area contributed by atoms with Gasteiger partial charge in [0, 0.05) is 16.0 Å². The zero-order valence-corrected chi connectivity index (χ0v) is 10.7. The molecule has 16 heavy (non-hydrogen) atoms. The van der Waals surface area contributed by atoms with Gasteiger partial charge in [-0.25, -0.2) is 4.98 Å². The minimum Gasteiger partial charge on any atom is -0.493 e. The van der Waals surface area contributed by atoms with Gasteiger partial charge in [-0.2, -0.15) is 0 Å². The third-order valence-electron chi connectivity index (χ3n) is 2.24. The van der Waals surface area contributed by atoms with Crippen molar-refractivity contribution in [2.24, 2.45) is 0 Å². The molecule has 0 bridgehead atoms. The van der Waals surface area contributed by atoms with Gasteiger partial charge >= 0.3 is 0 Å². The van der Waals surface area contributed by atoms with E-state index in [1.54, 1.807) is 16.8 Å². The Morgan fingerprint density at radius 2 is 2.25 bits per heavy atom. The van der Waals surface area contributed by atoms with Crippen LogP contribution in [0, 0.1) is 6.92 Å². The molecule has 1 heterocycles. The van der Waals surface area contributed by atoms with Gasteiger partial charge in [-0.05, 0) is 31.5 Å². The normalized spacial score (nSPS) is 10.4. The lowest BCUT2D eigenvalue weighted by Gasteiger charge is -2.12. The van der Waals surface area contributed by atoms with E-state index in [1.807, 2.05) is 31.4 Å². The number of hydrogen-bond acceptors (Lipinski definition) is 3. The SMILES string of the molecule is CCOc1c(C)cc(Cl)cc1-c1cscn1. The van der Waals surface area contributed by atoms with E-state index in [-0.39, 0.29) is 0 Å². The number of rotatable bonds is 3. The highest BCUT2D eigenvalue weighted by molar-refractivity contribution is 7.07. The first-order valence-electron chi connectivity index (χ1n) is 5.04. The van der Waals surface area contributed by atoms with Crippen LogP contribution in [-0.2, 0) is 0 Å². The van der Waals surface area contributed by atoms with E-state index in [9.17, 15) is 0 Å². The van der Waals surface area contributed by atoms with Gasteiger partial charge in [0.1, 0.15) is 5.75 Å². The molecule has 0 saturated heterocycles. The fourth-order valence-corrected chi connectivity index (χ4v) is 2.43. The monoisotopic (exact) mass is 253 g/mol. The lowest BCUT2D eigenvalue weighted by molar-refractivity contribution is 0.339. The minimum atomic E-state index is 0.639. The van der Waals surface area contributed by atoms with E-state index in [0.717, 1.165) is 22.6 Å². The molecule has 0 spiro atoms. The van der Waals surface area contributed by atoms with Crippen LogP contribution >= 0.6 is 22.9 Å². The van der Waals surface area contributed by atoms with Crippen LogP contribution < -0.4 is 4.74 Å².